The molecule has 0 aliphatic rings. The lowest BCUT2D eigenvalue weighted by Gasteiger charge is -2.18. The van der Waals surface area contributed by atoms with Gasteiger partial charge in [-0.15, -0.1) is 0 Å². The van der Waals surface area contributed by atoms with Crippen molar-refractivity contribution in [3.05, 3.63) is 29.3 Å². The smallest absolute Gasteiger partial charge is 0.376 e. The molecule has 0 bridgehead atoms. The Bertz CT molecular complexity index is 548. The molecule has 0 saturated heterocycles. The molecule has 0 aromatic heterocycles. The molecule has 136 valence electrons. The van der Waals surface area contributed by atoms with Gasteiger partial charge in [0.2, 0.25) is 5.91 Å². The van der Waals surface area contributed by atoms with Crippen LogP contribution in [0.15, 0.2) is 18.2 Å². The van der Waals surface area contributed by atoms with Crippen molar-refractivity contribution in [2.24, 2.45) is 5.92 Å². The number of hydrogen-bond donors (Lipinski definition) is 2. The number of carbonyl (C=O) groups excluding carboxylic acids is 1. The van der Waals surface area contributed by atoms with Gasteiger partial charge in [-0.1, -0.05) is 13.8 Å². The summed E-state index contributed by atoms with van der Waals surface area (Å²) in [5.41, 5.74) is -3.30. The number of hydrogen-bond acceptors (Lipinski definition) is 2. The van der Waals surface area contributed by atoms with E-state index < -0.39 is 41.6 Å². The number of carbonyl (C=O) groups is 1. The number of anilines is 1. The highest BCUT2D eigenvalue weighted by Crippen LogP contribution is 2.37. The Morgan fingerprint density at radius 2 is 1.42 bits per heavy atom. The van der Waals surface area contributed by atoms with Crippen LogP contribution in [0.25, 0.3) is 0 Å². The van der Waals surface area contributed by atoms with Gasteiger partial charge in [-0.25, -0.2) is 0 Å². The second kappa shape index (κ2) is 7.31. The van der Waals surface area contributed by atoms with Crippen LogP contribution >= 0.6 is 0 Å². The molecule has 0 fully saturated rings. The number of benzene rings is 1. The Morgan fingerprint density at radius 1 is 0.958 bits per heavy atom. The summed E-state index contributed by atoms with van der Waals surface area (Å²) in [5.74, 6) is -0.387. The van der Waals surface area contributed by atoms with Crippen LogP contribution < -0.4 is 10.6 Å². The monoisotopic (exact) mass is 356 g/mol. The molecule has 1 atom stereocenters. The van der Waals surface area contributed by atoms with Crippen molar-refractivity contribution in [3.8, 4) is 0 Å². The van der Waals surface area contributed by atoms with E-state index in [1.54, 1.807) is 6.92 Å². The lowest BCUT2D eigenvalue weighted by Crippen LogP contribution is -2.39. The first-order valence-electron chi connectivity index (χ1n) is 7.13. The average Bonchev–Trinajstić information content (AvgIpc) is 2.42. The third-order valence-electron chi connectivity index (χ3n) is 3.43. The van der Waals surface area contributed by atoms with E-state index in [4.69, 9.17) is 0 Å². The van der Waals surface area contributed by atoms with Crippen molar-refractivity contribution < 1.29 is 31.1 Å². The highest BCUT2D eigenvalue weighted by atomic mass is 19.4. The van der Waals surface area contributed by atoms with Crippen LogP contribution in [0.1, 0.15) is 31.9 Å². The fourth-order valence-corrected chi connectivity index (χ4v) is 1.71. The van der Waals surface area contributed by atoms with Gasteiger partial charge in [-0.05, 0) is 31.0 Å². The second-order valence-electron chi connectivity index (χ2n) is 5.75. The first-order valence-corrected chi connectivity index (χ1v) is 7.13. The summed E-state index contributed by atoms with van der Waals surface area (Å²) < 4.78 is 76.3. The summed E-state index contributed by atoms with van der Waals surface area (Å²) in [6.45, 7) is 5.03. The Labute approximate surface area is 135 Å². The van der Waals surface area contributed by atoms with Gasteiger partial charge in [0.1, 0.15) is 0 Å². The first kappa shape index (κ1) is 20.1. The van der Waals surface area contributed by atoms with Gasteiger partial charge in [0.25, 0.3) is 0 Å². The van der Waals surface area contributed by atoms with Gasteiger partial charge in [0.15, 0.2) is 0 Å². The minimum atomic E-state index is -4.92. The summed E-state index contributed by atoms with van der Waals surface area (Å²) >= 11 is 0. The van der Waals surface area contributed by atoms with Crippen LogP contribution in [-0.2, 0) is 17.1 Å². The van der Waals surface area contributed by atoms with Gasteiger partial charge in [0, 0.05) is 11.7 Å². The molecule has 0 heterocycles. The van der Waals surface area contributed by atoms with E-state index in [-0.39, 0.29) is 18.0 Å². The number of nitrogens with one attached hydrogen (secondary N) is 2. The van der Waals surface area contributed by atoms with Crippen molar-refractivity contribution in [2.75, 3.05) is 11.9 Å². The van der Waals surface area contributed by atoms with E-state index in [1.165, 1.54) is 0 Å². The van der Waals surface area contributed by atoms with Crippen molar-refractivity contribution in [1.82, 2.24) is 5.32 Å². The van der Waals surface area contributed by atoms with E-state index in [9.17, 15) is 31.1 Å². The maximum atomic E-state index is 12.7. The number of amides is 1. The predicted octanol–water partition coefficient (Wildman–Crippen LogP) is 4.30. The van der Waals surface area contributed by atoms with Gasteiger partial charge >= 0.3 is 12.4 Å². The Balaban J connectivity index is 2.93. The SMILES string of the molecule is CC(C)C(C)NC(=O)CNc1cc(C(F)(F)F)cc(C(F)(F)F)c1. The molecule has 24 heavy (non-hydrogen) atoms. The van der Waals surface area contributed by atoms with Gasteiger partial charge in [-0.3, -0.25) is 4.79 Å². The van der Waals surface area contributed by atoms with Gasteiger partial charge < -0.3 is 10.6 Å². The summed E-state index contributed by atoms with van der Waals surface area (Å²) in [7, 11) is 0. The highest BCUT2D eigenvalue weighted by Gasteiger charge is 2.36. The zero-order valence-corrected chi connectivity index (χ0v) is 13.3. The Kier molecular flexibility index (Phi) is 6.13. The largest absolute Gasteiger partial charge is 0.416 e. The summed E-state index contributed by atoms with van der Waals surface area (Å²) in [6, 6.07) is 0.932. The Hall–Kier alpha value is -1.93. The van der Waals surface area contributed by atoms with Gasteiger partial charge in [-0.2, -0.15) is 26.3 Å². The Morgan fingerprint density at radius 3 is 1.79 bits per heavy atom. The lowest BCUT2D eigenvalue weighted by molar-refractivity contribution is -0.143. The van der Waals surface area contributed by atoms with Crippen LogP contribution in [0.4, 0.5) is 32.0 Å². The third kappa shape index (κ3) is 5.93. The van der Waals surface area contributed by atoms with E-state index in [2.05, 4.69) is 10.6 Å². The molecule has 1 amide bonds. The maximum Gasteiger partial charge on any atom is 0.416 e. The van der Waals surface area contributed by atoms with Crippen molar-refractivity contribution in [1.29, 1.82) is 0 Å². The molecule has 0 saturated carbocycles. The molecule has 2 N–H and O–H groups in total. The minimum absolute atomic E-state index is 0.0338. The van der Waals surface area contributed by atoms with Crippen LogP contribution in [0, 0.1) is 5.92 Å². The topological polar surface area (TPSA) is 41.1 Å². The fraction of sp³-hybridized carbons (Fsp3) is 0.533. The van der Waals surface area contributed by atoms with E-state index in [0.29, 0.717) is 12.1 Å². The molecule has 9 heteroatoms. The molecule has 0 aliphatic carbocycles. The van der Waals surface area contributed by atoms with E-state index >= 15 is 0 Å². The normalized spacial score (nSPS) is 13.8. The predicted molar refractivity (Wildman–Crippen MR) is 77.4 cm³/mol. The van der Waals surface area contributed by atoms with Gasteiger partial charge in [0.05, 0.1) is 17.7 Å². The molecule has 0 spiro atoms. The molecule has 1 aromatic carbocycles. The molecule has 1 rings (SSSR count). The van der Waals surface area contributed by atoms with Crippen molar-refractivity contribution in [2.45, 2.75) is 39.2 Å². The second-order valence-corrected chi connectivity index (χ2v) is 5.75. The highest BCUT2D eigenvalue weighted by molar-refractivity contribution is 5.81. The summed E-state index contributed by atoms with van der Waals surface area (Å²) in [4.78, 5) is 11.7. The van der Waals surface area contributed by atoms with E-state index in [1.807, 2.05) is 13.8 Å². The molecule has 3 nitrogen and oxygen atoms in total. The third-order valence-corrected chi connectivity index (χ3v) is 3.43. The average molecular weight is 356 g/mol. The number of halogens is 6. The zero-order valence-electron chi connectivity index (χ0n) is 13.3. The maximum absolute atomic E-state index is 12.7. The summed E-state index contributed by atoms with van der Waals surface area (Å²) in [6.07, 6.45) is -9.85. The van der Waals surface area contributed by atoms with E-state index in [0.717, 1.165) is 0 Å². The number of alkyl halides is 6. The van der Waals surface area contributed by atoms with Crippen LogP contribution in [-0.4, -0.2) is 18.5 Å². The van der Waals surface area contributed by atoms with Crippen molar-refractivity contribution >= 4 is 11.6 Å². The zero-order chi connectivity index (χ0) is 18.7. The summed E-state index contributed by atoms with van der Waals surface area (Å²) in [5, 5.41) is 4.90. The lowest BCUT2D eigenvalue weighted by atomic mass is 10.1. The van der Waals surface area contributed by atoms with Crippen LogP contribution in [0.5, 0.6) is 0 Å². The molecule has 0 aliphatic heterocycles. The standard InChI is InChI=1S/C15H18F6N2O/c1-8(2)9(3)23-13(24)7-22-12-5-10(14(16,17)18)4-11(6-12)15(19,20)21/h4-6,8-9,22H,7H2,1-3H3,(H,23,24). The molecule has 1 unspecified atom stereocenters. The molecule has 0 radical (unpaired) electrons. The molecular formula is C15H18F6N2O. The quantitative estimate of drug-likeness (QED) is 0.773. The number of rotatable bonds is 5. The van der Waals surface area contributed by atoms with Crippen LogP contribution in [0.3, 0.4) is 0 Å². The fourth-order valence-electron chi connectivity index (χ4n) is 1.71. The minimum Gasteiger partial charge on any atom is -0.376 e. The molecular weight excluding hydrogens is 338 g/mol. The van der Waals surface area contributed by atoms with Crippen molar-refractivity contribution in [3.63, 3.8) is 0 Å². The van der Waals surface area contributed by atoms with Crippen LogP contribution in [0.2, 0.25) is 0 Å². The molecule has 1 aromatic rings. The first-order chi connectivity index (χ1) is 10.8.